The molecule has 2 aliphatic rings. The van der Waals surface area contributed by atoms with Gasteiger partial charge in [-0.3, -0.25) is 19.5 Å². The second kappa shape index (κ2) is 10.7. The third-order valence-electron chi connectivity index (χ3n) is 8.28. The molecular weight excluding hydrogens is 542 g/mol. The molecule has 0 saturated carbocycles. The maximum Gasteiger partial charge on any atom is 0.244 e. The summed E-state index contributed by atoms with van der Waals surface area (Å²) in [7, 11) is 0. The van der Waals surface area contributed by atoms with Crippen molar-refractivity contribution in [3.8, 4) is 0 Å². The molecule has 10 heteroatoms. The molecule has 3 N–H and O–H groups in total. The van der Waals surface area contributed by atoms with Gasteiger partial charge in [0.2, 0.25) is 11.8 Å². The average molecular weight is 576 g/mol. The van der Waals surface area contributed by atoms with E-state index in [9.17, 15) is 14.7 Å². The van der Waals surface area contributed by atoms with E-state index in [1.165, 1.54) is 0 Å². The molecule has 0 radical (unpaired) electrons. The van der Waals surface area contributed by atoms with Crippen molar-refractivity contribution in [3.63, 3.8) is 0 Å². The number of hydrogen-bond donors (Lipinski definition) is 3. The molecule has 2 saturated heterocycles. The van der Waals surface area contributed by atoms with Crippen molar-refractivity contribution < 1.29 is 19.4 Å². The number of halogens is 1. The standard InChI is InChI=1S/C31H34ClN5O4/c1-30(2)19-37(17-27(38)36-12-9-31(40,10-13-36)20-6-4-3-5-7-20)26(18-41-30)29(39)35-24-15-21(32)14-23-22-8-11-33-16-25(22)34-28(23)24/h3-8,11,14-16,26,34,40H,9-10,12-13,17-19H2,1-2H3,(H,35,39)/t26-/m0/s1. The lowest BCUT2D eigenvalue weighted by Gasteiger charge is -2.44. The summed E-state index contributed by atoms with van der Waals surface area (Å²) in [4.78, 5) is 38.4. The zero-order valence-electron chi connectivity index (χ0n) is 23.2. The zero-order valence-corrected chi connectivity index (χ0v) is 23.9. The van der Waals surface area contributed by atoms with Crippen LogP contribution in [-0.4, -0.2) is 81.1 Å². The molecule has 4 heterocycles. The molecule has 0 unspecified atom stereocenters. The zero-order chi connectivity index (χ0) is 28.8. The van der Waals surface area contributed by atoms with Gasteiger partial charge in [-0.05, 0) is 50.5 Å². The number of aliphatic hydroxyl groups is 1. The molecule has 1 atom stereocenters. The molecule has 214 valence electrons. The lowest BCUT2D eigenvalue weighted by Crippen LogP contribution is -2.60. The van der Waals surface area contributed by atoms with Crippen LogP contribution < -0.4 is 5.32 Å². The van der Waals surface area contributed by atoms with Crippen LogP contribution in [0.5, 0.6) is 0 Å². The summed E-state index contributed by atoms with van der Waals surface area (Å²) in [5, 5.41) is 16.6. The van der Waals surface area contributed by atoms with Gasteiger partial charge in [0.15, 0.2) is 0 Å². The summed E-state index contributed by atoms with van der Waals surface area (Å²) in [6.45, 7) is 5.46. The largest absolute Gasteiger partial charge is 0.385 e. The van der Waals surface area contributed by atoms with Gasteiger partial charge in [-0.2, -0.15) is 0 Å². The van der Waals surface area contributed by atoms with Gasteiger partial charge in [0.1, 0.15) is 6.04 Å². The van der Waals surface area contributed by atoms with Gasteiger partial charge in [-0.15, -0.1) is 0 Å². The first-order chi connectivity index (χ1) is 19.6. The molecular formula is C31H34ClN5O4. The number of hydrogen-bond acceptors (Lipinski definition) is 6. The van der Waals surface area contributed by atoms with Crippen molar-refractivity contribution in [2.45, 2.75) is 43.9 Å². The van der Waals surface area contributed by atoms with Crippen LogP contribution in [0.25, 0.3) is 21.8 Å². The second-order valence-electron chi connectivity index (χ2n) is 11.7. The molecule has 41 heavy (non-hydrogen) atoms. The number of piperidine rings is 1. The molecule has 2 aromatic heterocycles. The molecule has 0 spiro atoms. The Hall–Kier alpha value is -3.50. The molecule has 2 fully saturated rings. The van der Waals surface area contributed by atoms with Crippen molar-refractivity contribution in [2.75, 3.05) is 38.1 Å². The Morgan fingerprint density at radius 3 is 2.66 bits per heavy atom. The lowest BCUT2D eigenvalue weighted by molar-refractivity contribution is -0.152. The molecule has 0 aliphatic carbocycles. The predicted octanol–water partition coefficient (Wildman–Crippen LogP) is 4.30. The minimum absolute atomic E-state index is 0.0659. The highest BCUT2D eigenvalue weighted by atomic mass is 35.5. The minimum Gasteiger partial charge on any atom is -0.385 e. The van der Waals surface area contributed by atoms with Crippen molar-refractivity contribution in [1.29, 1.82) is 0 Å². The Kier molecular flexibility index (Phi) is 7.23. The third kappa shape index (κ3) is 5.55. The third-order valence-corrected chi connectivity index (χ3v) is 8.50. The van der Waals surface area contributed by atoms with Gasteiger partial charge in [-0.25, -0.2) is 0 Å². The van der Waals surface area contributed by atoms with Gasteiger partial charge in [0.05, 0.1) is 47.3 Å². The number of aromatic nitrogens is 2. The molecule has 4 aromatic rings. The number of morpholine rings is 1. The maximum absolute atomic E-state index is 13.7. The first-order valence-electron chi connectivity index (χ1n) is 13.9. The minimum atomic E-state index is -0.942. The topological polar surface area (TPSA) is 111 Å². The number of pyridine rings is 1. The number of fused-ring (bicyclic) bond motifs is 3. The fraction of sp³-hybridized carbons (Fsp3) is 0.387. The van der Waals surface area contributed by atoms with Crippen LogP contribution in [0.3, 0.4) is 0 Å². The number of carbonyl (C=O) groups excluding carboxylic acids is 2. The van der Waals surface area contributed by atoms with Crippen LogP contribution in [0, 0.1) is 0 Å². The highest BCUT2D eigenvalue weighted by Crippen LogP contribution is 2.35. The Morgan fingerprint density at radius 2 is 1.90 bits per heavy atom. The number of carbonyl (C=O) groups is 2. The monoisotopic (exact) mass is 575 g/mol. The van der Waals surface area contributed by atoms with E-state index < -0.39 is 17.2 Å². The van der Waals surface area contributed by atoms with Crippen LogP contribution in [0.2, 0.25) is 5.02 Å². The summed E-state index contributed by atoms with van der Waals surface area (Å²) >= 11 is 6.45. The number of rotatable bonds is 5. The SMILES string of the molecule is CC1(C)CN(CC(=O)N2CCC(O)(c3ccccc3)CC2)[C@H](C(=O)Nc2cc(Cl)cc3c2[nH]c2cnccc23)CO1. The highest BCUT2D eigenvalue weighted by molar-refractivity contribution is 6.33. The van der Waals surface area contributed by atoms with E-state index in [1.807, 2.05) is 61.2 Å². The number of benzene rings is 2. The number of nitrogens with zero attached hydrogens (tertiary/aromatic N) is 3. The molecule has 2 aromatic carbocycles. The summed E-state index contributed by atoms with van der Waals surface area (Å²) in [5.41, 5.74) is 1.57. The maximum atomic E-state index is 13.7. The van der Waals surface area contributed by atoms with Crippen molar-refractivity contribution in [3.05, 3.63) is 71.5 Å². The van der Waals surface area contributed by atoms with E-state index in [4.69, 9.17) is 16.3 Å². The quantitative estimate of drug-likeness (QED) is 0.327. The van der Waals surface area contributed by atoms with Gasteiger partial charge in [0.25, 0.3) is 0 Å². The van der Waals surface area contributed by atoms with E-state index in [1.54, 1.807) is 23.4 Å². The Balaban J connectivity index is 1.18. The first kappa shape index (κ1) is 27.7. The number of likely N-dealkylation sites (tertiary alicyclic amines) is 1. The van der Waals surface area contributed by atoms with E-state index >= 15 is 0 Å². The van der Waals surface area contributed by atoms with Crippen LogP contribution in [0.15, 0.2) is 60.9 Å². The summed E-state index contributed by atoms with van der Waals surface area (Å²) in [5.74, 6) is -0.338. The van der Waals surface area contributed by atoms with Crippen molar-refractivity contribution in [2.24, 2.45) is 0 Å². The van der Waals surface area contributed by atoms with Gasteiger partial charge < -0.3 is 25.0 Å². The highest BCUT2D eigenvalue weighted by Gasteiger charge is 2.41. The summed E-state index contributed by atoms with van der Waals surface area (Å²) in [6.07, 6.45) is 4.38. The van der Waals surface area contributed by atoms with Crippen LogP contribution in [-0.2, 0) is 19.9 Å². The van der Waals surface area contributed by atoms with Crippen molar-refractivity contribution in [1.82, 2.24) is 19.8 Å². The van der Waals surface area contributed by atoms with Gasteiger partial charge >= 0.3 is 0 Å². The molecule has 9 nitrogen and oxygen atoms in total. The number of anilines is 1. The molecule has 0 bridgehead atoms. The van der Waals surface area contributed by atoms with E-state index in [0.717, 1.165) is 27.4 Å². The van der Waals surface area contributed by atoms with Gasteiger partial charge in [0, 0.05) is 41.6 Å². The predicted molar refractivity (Wildman–Crippen MR) is 159 cm³/mol. The Labute approximate surface area is 243 Å². The average Bonchev–Trinajstić information content (AvgIpc) is 3.32. The van der Waals surface area contributed by atoms with E-state index in [-0.39, 0.29) is 25.0 Å². The number of amides is 2. The summed E-state index contributed by atoms with van der Waals surface area (Å²) < 4.78 is 6.03. The van der Waals surface area contributed by atoms with Gasteiger partial charge in [-0.1, -0.05) is 41.9 Å². The Morgan fingerprint density at radius 1 is 1.15 bits per heavy atom. The second-order valence-corrected chi connectivity index (χ2v) is 12.1. The van der Waals surface area contributed by atoms with E-state index in [0.29, 0.717) is 43.2 Å². The molecule has 2 aliphatic heterocycles. The number of aromatic amines is 1. The van der Waals surface area contributed by atoms with Crippen LogP contribution in [0.1, 0.15) is 32.3 Å². The van der Waals surface area contributed by atoms with Crippen LogP contribution in [0.4, 0.5) is 5.69 Å². The van der Waals surface area contributed by atoms with E-state index in [2.05, 4.69) is 15.3 Å². The molecule has 2 amide bonds. The number of nitrogens with one attached hydrogen (secondary N) is 2. The van der Waals surface area contributed by atoms with Crippen LogP contribution >= 0.6 is 11.6 Å². The first-order valence-corrected chi connectivity index (χ1v) is 14.3. The normalized spacial score (nSPS) is 20.8. The smallest absolute Gasteiger partial charge is 0.244 e. The van der Waals surface area contributed by atoms with Crippen molar-refractivity contribution >= 4 is 50.9 Å². The Bertz CT molecular complexity index is 1600. The fourth-order valence-corrected chi connectivity index (χ4v) is 6.25. The number of H-pyrrole nitrogens is 1. The summed E-state index contributed by atoms with van der Waals surface area (Å²) in [6, 6.07) is 14.4. The number of ether oxygens (including phenoxy) is 1. The molecule has 6 rings (SSSR count). The lowest BCUT2D eigenvalue weighted by atomic mass is 9.84. The fourth-order valence-electron chi connectivity index (χ4n) is 6.03.